The molecule has 260 valence electrons. The number of aromatic hydroxyl groups is 1. The minimum Gasteiger partial charge on any atom is -0.507 e. The van der Waals surface area contributed by atoms with Gasteiger partial charge in [0.15, 0.2) is 11.6 Å². The number of benzene rings is 4. The number of phenols is 1. The predicted octanol–water partition coefficient (Wildman–Crippen LogP) is 7.08. The molecule has 8 nitrogen and oxygen atoms in total. The summed E-state index contributed by atoms with van der Waals surface area (Å²) in [5.41, 5.74) is 2.38. The van der Waals surface area contributed by atoms with E-state index in [4.69, 9.17) is 9.47 Å². The number of amides is 2. The second-order valence-electron chi connectivity index (χ2n) is 13.9. The van der Waals surface area contributed by atoms with Crippen LogP contribution in [0.25, 0.3) is 11.6 Å². The smallest absolute Gasteiger partial charge is 0.238 e. The largest absolute Gasteiger partial charge is 0.507 e. The Hall–Kier alpha value is -6.02. The molecule has 8 heteroatoms. The molecule has 2 amide bonds. The molecule has 3 aliphatic carbocycles. The lowest BCUT2D eigenvalue weighted by Crippen LogP contribution is -2.58. The molecule has 0 spiro atoms. The van der Waals surface area contributed by atoms with Crippen molar-refractivity contribution in [2.24, 2.45) is 23.7 Å². The van der Waals surface area contributed by atoms with Gasteiger partial charge in [-0.2, -0.15) is 0 Å². The molecule has 0 aromatic heterocycles. The van der Waals surface area contributed by atoms with E-state index in [2.05, 4.69) is 6.58 Å². The van der Waals surface area contributed by atoms with Crippen molar-refractivity contribution in [2.45, 2.75) is 24.2 Å². The molecule has 1 N–H and O–H groups in total. The van der Waals surface area contributed by atoms with E-state index in [1.165, 1.54) is 31.3 Å². The predicted molar refractivity (Wildman–Crippen MR) is 197 cm³/mol. The number of rotatable bonds is 7. The average Bonchev–Trinajstić information content (AvgIpc) is 3.44. The lowest BCUT2D eigenvalue weighted by atomic mass is 9.44. The molecule has 8 rings (SSSR count). The van der Waals surface area contributed by atoms with Crippen molar-refractivity contribution < 1.29 is 33.8 Å². The topological polar surface area (TPSA) is 110 Å². The van der Waals surface area contributed by atoms with Gasteiger partial charge in [-0.05, 0) is 53.7 Å². The van der Waals surface area contributed by atoms with Gasteiger partial charge in [0.05, 0.1) is 37.2 Å². The third-order valence-corrected chi connectivity index (χ3v) is 11.6. The highest BCUT2D eigenvalue weighted by atomic mass is 16.5. The zero-order valence-electron chi connectivity index (χ0n) is 28.8. The molecule has 1 saturated carbocycles. The summed E-state index contributed by atoms with van der Waals surface area (Å²) >= 11 is 0. The second kappa shape index (κ2) is 12.6. The first kappa shape index (κ1) is 33.1. The van der Waals surface area contributed by atoms with Crippen LogP contribution in [-0.4, -0.2) is 42.7 Å². The number of Topliss-reactive ketones (excluding diaryl/α,β-unsaturated/α-hetero) is 1. The van der Waals surface area contributed by atoms with Crippen LogP contribution in [0.3, 0.4) is 0 Å². The first-order chi connectivity index (χ1) is 25.2. The number of hydrogen-bond donors (Lipinski definition) is 1. The molecule has 1 saturated heterocycles. The Bertz CT molecular complexity index is 2200. The van der Waals surface area contributed by atoms with Crippen LogP contribution >= 0.6 is 0 Å². The number of ether oxygens (including phenoxy) is 2. The normalized spacial score (nSPS) is 26.5. The van der Waals surface area contributed by atoms with Gasteiger partial charge in [-0.15, -0.1) is 0 Å². The van der Waals surface area contributed by atoms with Gasteiger partial charge in [0.2, 0.25) is 11.8 Å². The van der Waals surface area contributed by atoms with E-state index in [0.29, 0.717) is 33.7 Å². The summed E-state index contributed by atoms with van der Waals surface area (Å²) in [6, 6.07) is 28.6. The molecule has 4 aromatic carbocycles. The Morgan fingerprint density at radius 1 is 0.846 bits per heavy atom. The molecule has 6 unspecified atom stereocenters. The van der Waals surface area contributed by atoms with E-state index in [1.54, 1.807) is 24.3 Å². The van der Waals surface area contributed by atoms with Crippen molar-refractivity contribution >= 4 is 40.7 Å². The van der Waals surface area contributed by atoms with E-state index in [1.807, 2.05) is 78.9 Å². The summed E-state index contributed by atoms with van der Waals surface area (Å²) in [7, 11) is 2.96. The van der Waals surface area contributed by atoms with E-state index in [9.17, 15) is 14.7 Å². The van der Waals surface area contributed by atoms with Gasteiger partial charge in [0.25, 0.3) is 0 Å². The fourth-order valence-electron chi connectivity index (χ4n) is 9.37. The van der Waals surface area contributed by atoms with Crippen molar-refractivity contribution in [3.8, 4) is 17.2 Å². The third-order valence-electron chi connectivity index (χ3n) is 11.6. The summed E-state index contributed by atoms with van der Waals surface area (Å²) in [5.74, 6) is -4.65. The summed E-state index contributed by atoms with van der Waals surface area (Å²) in [6.45, 7) is 3.81. The molecule has 2 fully saturated rings. The Morgan fingerprint density at radius 3 is 2.19 bits per heavy atom. The number of carbonyl (C=O) groups excluding carboxylic acids is 4. The average molecular weight is 692 g/mol. The number of nitrogens with zero attached hydrogens (tertiary/aromatic N) is 1. The molecular formula is C44H37NO7. The maximum atomic E-state index is 15.3. The number of carbonyl (C=O) groups is 4. The standard InChI is InChI=1S/C44H37NO7/c1-4-25-15-17-28(18-16-25)45-42(49)31-20-19-30-33(38(31)43(45)50)23-34-41(48)32(26-11-7-5-8-12-26)24-37(47)44(34,27-13-9-6-10-14-27)40(30)39-35(46)21-29(51-2)22-36(39)52-3/h4-19,21-22,24,31,33-34,38,40,46H,1,20,23H2,2-3H3. The maximum absolute atomic E-state index is 15.3. The number of methoxy groups -OCH3 is 2. The van der Waals surface area contributed by atoms with Crippen molar-refractivity contribution in [2.75, 3.05) is 19.1 Å². The van der Waals surface area contributed by atoms with Gasteiger partial charge >= 0.3 is 0 Å². The number of allylic oxidation sites excluding steroid dienone is 4. The molecule has 0 radical (unpaired) electrons. The Labute approximate surface area is 301 Å². The van der Waals surface area contributed by atoms with Crippen LogP contribution in [0.2, 0.25) is 0 Å². The summed E-state index contributed by atoms with van der Waals surface area (Å²) in [5, 5.41) is 11.9. The SMILES string of the molecule is C=Cc1ccc(N2C(=O)C3CC=C4C(CC5C(=O)C(c6ccccc6)=CC(=O)C5(c5ccccc5)C4c4c(O)cc(OC)cc4OC)C3C2=O)cc1. The summed E-state index contributed by atoms with van der Waals surface area (Å²) < 4.78 is 11.4. The van der Waals surface area contributed by atoms with Gasteiger partial charge in [0, 0.05) is 35.1 Å². The summed E-state index contributed by atoms with van der Waals surface area (Å²) in [4.78, 5) is 60.4. The Balaban J connectivity index is 1.38. The lowest BCUT2D eigenvalue weighted by molar-refractivity contribution is -0.135. The Morgan fingerprint density at radius 2 is 1.54 bits per heavy atom. The van der Waals surface area contributed by atoms with Crippen LogP contribution in [0.4, 0.5) is 5.69 Å². The summed E-state index contributed by atoms with van der Waals surface area (Å²) in [6.07, 6.45) is 5.50. The molecule has 4 aromatic rings. The number of anilines is 1. The zero-order valence-corrected chi connectivity index (χ0v) is 28.8. The highest BCUT2D eigenvalue weighted by molar-refractivity contribution is 6.32. The number of phenolic OH excluding ortho intramolecular Hbond substituents is 1. The quantitative estimate of drug-likeness (QED) is 0.163. The number of imide groups is 1. The van der Waals surface area contributed by atoms with E-state index in [0.717, 1.165) is 11.1 Å². The number of ketones is 2. The van der Waals surface area contributed by atoms with Gasteiger partial charge < -0.3 is 14.6 Å². The first-order valence-corrected chi connectivity index (χ1v) is 17.4. The highest BCUT2D eigenvalue weighted by Gasteiger charge is 2.66. The fourth-order valence-corrected chi connectivity index (χ4v) is 9.37. The van der Waals surface area contributed by atoms with Crippen LogP contribution in [-0.2, 0) is 24.6 Å². The van der Waals surface area contributed by atoms with Gasteiger partial charge in [0.1, 0.15) is 17.2 Å². The van der Waals surface area contributed by atoms with E-state index < -0.39 is 35.0 Å². The van der Waals surface area contributed by atoms with Crippen molar-refractivity contribution in [3.05, 3.63) is 144 Å². The lowest BCUT2D eigenvalue weighted by Gasteiger charge is -2.55. The Kier molecular flexibility index (Phi) is 8.05. The monoisotopic (exact) mass is 691 g/mol. The number of hydrogen-bond acceptors (Lipinski definition) is 7. The van der Waals surface area contributed by atoms with Crippen molar-refractivity contribution in [1.29, 1.82) is 0 Å². The van der Waals surface area contributed by atoms with Crippen LogP contribution in [0.15, 0.2) is 121 Å². The molecule has 52 heavy (non-hydrogen) atoms. The zero-order chi connectivity index (χ0) is 36.3. The molecule has 0 bridgehead atoms. The van der Waals surface area contributed by atoms with Gasteiger partial charge in [-0.3, -0.25) is 24.1 Å². The molecular weight excluding hydrogens is 654 g/mol. The van der Waals surface area contributed by atoms with E-state index >= 15 is 9.59 Å². The van der Waals surface area contributed by atoms with Crippen LogP contribution in [0.5, 0.6) is 17.2 Å². The molecule has 1 heterocycles. The first-order valence-electron chi connectivity index (χ1n) is 17.4. The van der Waals surface area contributed by atoms with E-state index in [-0.39, 0.29) is 47.7 Å². The van der Waals surface area contributed by atoms with Crippen LogP contribution in [0.1, 0.15) is 41.0 Å². The maximum Gasteiger partial charge on any atom is 0.238 e. The minimum absolute atomic E-state index is 0.147. The second-order valence-corrected chi connectivity index (χ2v) is 13.9. The molecule has 1 aliphatic heterocycles. The van der Waals surface area contributed by atoms with Gasteiger partial charge in [-0.25, -0.2) is 0 Å². The van der Waals surface area contributed by atoms with Crippen LogP contribution in [0, 0.1) is 23.7 Å². The number of fused-ring (bicyclic) bond motifs is 4. The van der Waals surface area contributed by atoms with Crippen LogP contribution < -0.4 is 14.4 Å². The third kappa shape index (κ3) is 4.74. The molecule has 4 aliphatic rings. The van der Waals surface area contributed by atoms with Crippen molar-refractivity contribution in [1.82, 2.24) is 0 Å². The highest BCUT2D eigenvalue weighted by Crippen LogP contribution is 2.65. The fraction of sp³-hybridized carbons (Fsp3) is 0.227. The van der Waals surface area contributed by atoms with Gasteiger partial charge in [-0.1, -0.05) is 97.1 Å². The molecule has 6 atom stereocenters. The van der Waals surface area contributed by atoms with Crippen molar-refractivity contribution in [3.63, 3.8) is 0 Å². The minimum atomic E-state index is -1.52.